The van der Waals surface area contributed by atoms with E-state index in [-0.39, 0.29) is 11.6 Å². The van der Waals surface area contributed by atoms with Crippen molar-refractivity contribution in [3.8, 4) is 0 Å². The first kappa shape index (κ1) is 20.0. The van der Waals surface area contributed by atoms with Gasteiger partial charge in [-0.25, -0.2) is 9.97 Å². The van der Waals surface area contributed by atoms with Gasteiger partial charge in [0.25, 0.3) is 5.91 Å². The Bertz CT molecular complexity index is 1050. The molecule has 1 fully saturated rings. The van der Waals surface area contributed by atoms with Crippen LogP contribution in [0, 0.1) is 0 Å². The van der Waals surface area contributed by atoms with Crippen LogP contribution >= 0.6 is 23.2 Å². The van der Waals surface area contributed by atoms with Gasteiger partial charge in [0, 0.05) is 11.6 Å². The summed E-state index contributed by atoms with van der Waals surface area (Å²) in [6.07, 6.45) is 1.18. The molecule has 0 spiro atoms. The maximum atomic E-state index is 13.1. The molecule has 0 radical (unpaired) electrons. The molecule has 1 aromatic carbocycles. The van der Waals surface area contributed by atoms with Crippen molar-refractivity contribution in [3.63, 3.8) is 0 Å². The number of hydrogen-bond acceptors (Lipinski definition) is 5. The number of benzene rings is 1. The van der Waals surface area contributed by atoms with Crippen LogP contribution in [0.2, 0.25) is 5.15 Å². The average Bonchev–Trinajstić information content (AvgIpc) is 2.71. The number of aromatic nitrogens is 2. The molecule has 0 bridgehead atoms. The van der Waals surface area contributed by atoms with E-state index in [0.29, 0.717) is 24.6 Å². The van der Waals surface area contributed by atoms with Gasteiger partial charge >= 0.3 is 0 Å². The molecule has 8 heteroatoms. The molecule has 29 heavy (non-hydrogen) atoms. The highest BCUT2D eigenvalue weighted by Crippen LogP contribution is 2.32. The minimum atomic E-state index is -1.12. The highest BCUT2D eigenvalue weighted by molar-refractivity contribution is 6.29. The quantitative estimate of drug-likeness (QED) is 0.488. The van der Waals surface area contributed by atoms with E-state index < -0.39 is 17.2 Å². The lowest BCUT2D eigenvalue weighted by Gasteiger charge is -2.44. The van der Waals surface area contributed by atoms with E-state index in [1.165, 1.54) is 0 Å². The number of rotatable bonds is 4. The summed E-state index contributed by atoms with van der Waals surface area (Å²) in [6.45, 7) is 0.301. The minimum absolute atomic E-state index is 0.264. The molecule has 0 saturated carbocycles. The maximum absolute atomic E-state index is 13.1. The van der Waals surface area contributed by atoms with Crippen molar-refractivity contribution < 1.29 is 14.6 Å². The zero-order chi connectivity index (χ0) is 20.4. The summed E-state index contributed by atoms with van der Waals surface area (Å²) in [7, 11) is 0. The molecule has 1 aliphatic rings. The molecule has 2 N–H and O–H groups in total. The van der Waals surface area contributed by atoms with Crippen LogP contribution in [0.15, 0.2) is 54.7 Å². The number of carbonyl (C=O) groups is 1. The molecule has 3 heterocycles. The molecule has 3 atom stereocenters. The van der Waals surface area contributed by atoms with Crippen molar-refractivity contribution >= 4 is 40.0 Å². The van der Waals surface area contributed by atoms with Crippen molar-refractivity contribution in [2.45, 2.75) is 30.0 Å². The Morgan fingerprint density at radius 2 is 2.10 bits per heavy atom. The smallest absolute Gasteiger partial charge is 0.270 e. The highest BCUT2D eigenvalue weighted by atomic mass is 35.5. The topological polar surface area (TPSA) is 84.3 Å². The van der Waals surface area contributed by atoms with Crippen molar-refractivity contribution in [2.24, 2.45) is 0 Å². The van der Waals surface area contributed by atoms with Gasteiger partial charge in [0.1, 0.15) is 17.0 Å². The second-order valence-electron chi connectivity index (χ2n) is 7.08. The lowest BCUT2D eigenvalue weighted by atomic mass is 9.81. The van der Waals surface area contributed by atoms with E-state index in [1.807, 2.05) is 30.3 Å². The zero-order valence-corrected chi connectivity index (χ0v) is 16.9. The van der Waals surface area contributed by atoms with Crippen molar-refractivity contribution in [1.82, 2.24) is 15.3 Å². The number of nitrogens with zero attached hydrogens (tertiary/aromatic N) is 2. The van der Waals surface area contributed by atoms with Gasteiger partial charge < -0.3 is 15.2 Å². The van der Waals surface area contributed by atoms with Crippen LogP contribution in [0.1, 0.15) is 22.5 Å². The molecule has 3 aromatic rings. The lowest BCUT2D eigenvalue weighted by Crippen LogP contribution is -2.64. The third kappa shape index (κ3) is 4.21. The summed E-state index contributed by atoms with van der Waals surface area (Å²) in [4.78, 5) is 21.5. The Labute approximate surface area is 177 Å². The Kier molecular flexibility index (Phi) is 5.69. The number of carbonyl (C=O) groups excluding carboxylic acids is 1. The summed E-state index contributed by atoms with van der Waals surface area (Å²) < 4.78 is 5.36. The summed E-state index contributed by atoms with van der Waals surface area (Å²) in [5.41, 5.74) is -0.161. The molecular formula is C21H19Cl2N3O3. The molecule has 2 aromatic heterocycles. The van der Waals surface area contributed by atoms with E-state index in [1.54, 1.807) is 24.4 Å². The van der Waals surface area contributed by atoms with Crippen molar-refractivity contribution in [3.05, 3.63) is 71.1 Å². The third-order valence-corrected chi connectivity index (χ3v) is 5.72. The summed E-state index contributed by atoms with van der Waals surface area (Å²) >= 11 is 12.2. The average molecular weight is 432 g/mol. The van der Waals surface area contributed by atoms with Crippen molar-refractivity contribution in [1.29, 1.82) is 0 Å². The van der Waals surface area contributed by atoms with Gasteiger partial charge in [-0.3, -0.25) is 4.79 Å². The molecule has 150 valence electrons. The van der Waals surface area contributed by atoms with Crippen molar-refractivity contribution in [2.75, 3.05) is 6.61 Å². The summed E-state index contributed by atoms with van der Waals surface area (Å²) in [5, 5.41) is 15.1. The summed E-state index contributed by atoms with van der Waals surface area (Å²) in [6, 6.07) is 14.6. The van der Waals surface area contributed by atoms with Gasteiger partial charge in [-0.05, 0) is 42.7 Å². The van der Waals surface area contributed by atoms with Crippen LogP contribution in [0.5, 0.6) is 0 Å². The number of nitrogens with one attached hydrogen (secondary N) is 1. The molecule has 1 amide bonds. The molecule has 1 saturated heterocycles. The Balaban J connectivity index is 1.66. The number of ether oxygens (including phenoxy) is 1. The number of hydrogen-bond donors (Lipinski definition) is 2. The fourth-order valence-corrected chi connectivity index (χ4v) is 4.14. The largest absolute Gasteiger partial charge is 0.387 e. The molecule has 4 rings (SSSR count). The predicted molar refractivity (Wildman–Crippen MR) is 111 cm³/mol. The first-order valence-electron chi connectivity index (χ1n) is 9.19. The molecular weight excluding hydrogens is 413 g/mol. The predicted octanol–water partition coefficient (Wildman–Crippen LogP) is 3.34. The fraction of sp³-hybridized carbons (Fsp3) is 0.286. The standard InChI is InChI=1S/C21H19Cl2N3O3/c22-17-11-13(7-9-24-17)12-21(8-10-29-19(23)18(21)27)26-20(28)16-6-5-14-3-1-2-4-15(14)25-16/h1-7,9,11,18-19,27H,8,10,12H2,(H,26,28)/t18-,19?,21+/m0/s1. The normalized spacial score (nSPS) is 24.4. The third-order valence-electron chi connectivity index (χ3n) is 5.14. The van der Waals surface area contributed by atoms with E-state index in [2.05, 4.69) is 15.3 Å². The van der Waals surface area contributed by atoms with Crippen LogP contribution < -0.4 is 5.32 Å². The van der Waals surface area contributed by atoms with Gasteiger partial charge in [-0.15, -0.1) is 0 Å². The number of para-hydroxylation sites is 1. The zero-order valence-electron chi connectivity index (χ0n) is 15.4. The van der Waals surface area contributed by atoms with Crippen LogP contribution in [0.4, 0.5) is 0 Å². The minimum Gasteiger partial charge on any atom is -0.387 e. The lowest BCUT2D eigenvalue weighted by molar-refractivity contribution is -0.0876. The first-order chi connectivity index (χ1) is 14.0. The number of pyridine rings is 2. The molecule has 0 aliphatic carbocycles. The van der Waals surface area contributed by atoms with Gasteiger partial charge in [0.15, 0.2) is 5.56 Å². The molecule has 1 unspecified atom stereocenters. The number of halogens is 2. The van der Waals surface area contributed by atoms with E-state index in [0.717, 1.165) is 16.5 Å². The fourth-order valence-electron chi connectivity index (χ4n) is 3.62. The Morgan fingerprint density at radius 1 is 1.28 bits per heavy atom. The molecule has 6 nitrogen and oxygen atoms in total. The van der Waals surface area contributed by atoms with Gasteiger partial charge in [0.2, 0.25) is 0 Å². The highest BCUT2D eigenvalue weighted by Gasteiger charge is 2.46. The summed E-state index contributed by atoms with van der Waals surface area (Å²) in [5.74, 6) is -0.388. The SMILES string of the molecule is O=C(N[C@@]1(Cc2ccnc(Cl)c2)CCOC(Cl)[C@@H]1O)c1ccc2ccccc2n1. The molecule has 1 aliphatic heterocycles. The second-order valence-corrected chi connectivity index (χ2v) is 7.90. The number of amides is 1. The number of fused-ring (bicyclic) bond motifs is 1. The maximum Gasteiger partial charge on any atom is 0.270 e. The van der Waals surface area contributed by atoms with E-state index >= 15 is 0 Å². The van der Waals surface area contributed by atoms with Crippen LogP contribution in [-0.2, 0) is 11.2 Å². The van der Waals surface area contributed by atoms with Gasteiger partial charge in [0.05, 0.1) is 17.7 Å². The van der Waals surface area contributed by atoms with Gasteiger partial charge in [-0.1, -0.05) is 47.5 Å². The van der Waals surface area contributed by atoms with E-state index in [4.69, 9.17) is 27.9 Å². The van der Waals surface area contributed by atoms with E-state index in [9.17, 15) is 9.90 Å². The first-order valence-corrected chi connectivity index (χ1v) is 10.0. The Morgan fingerprint density at radius 3 is 2.93 bits per heavy atom. The number of aliphatic hydroxyl groups is 1. The van der Waals surface area contributed by atoms with Crippen LogP contribution in [0.3, 0.4) is 0 Å². The van der Waals surface area contributed by atoms with Crippen LogP contribution in [-0.4, -0.2) is 44.8 Å². The van der Waals surface area contributed by atoms with Crippen LogP contribution in [0.25, 0.3) is 10.9 Å². The number of aliphatic hydroxyl groups excluding tert-OH is 1. The Hall–Kier alpha value is -2.25. The number of alkyl halides is 1. The van der Waals surface area contributed by atoms with Gasteiger partial charge in [-0.2, -0.15) is 0 Å². The monoisotopic (exact) mass is 431 g/mol. The second kappa shape index (κ2) is 8.24.